The molecule has 128 valence electrons. The topological polar surface area (TPSA) is 63.5 Å². The average molecular weight is 390 g/mol. The predicted octanol–water partition coefficient (Wildman–Crippen LogP) is 4.49. The molecule has 0 unspecified atom stereocenters. The van der Waals surface area contributed by atoms with Crippen molar-refractivity contribution in [2.75, 3.05) is 4.72 Å². The van der Waals surface area contributed by atoms with E-state index in [-0.39, 0.29) is 0 Å². The molecule has 0 saturated carbocycles. The molecule has 0 radical (unpaired) electrons. The standard InChI is InChI=1S/C17H15N3O2S3/c1-2-14-7-8-16(24-14)25(21,22)19-13-5-3-12(4-6-13)15-11-20-9-10-23-17(20)18-15/h3-11,19H,2H2,1H3. The summed E-state index contributed by atoms with van der Waals surface area (Å²) in [5.41, 5.74) is 2.35. The number of rotatable bonds is 5. The Balaban J connectivity index is 1.56. The number of thiophene rings is 1. The van der Waals surface area contributed by atoms with Crippen molar-refractivity contribution in [1.29, 1.82) is 0 Å². The Morgan fingerprint density at radius 3 is 2.64 bits per heavy atom. The predicted molar refractivity (Wildman–Crippen MR) is 103 cm³/mol. The molecular weight excluding hydrogens is 374 g/mol. The second kappa shape index (κ2) is 6.29. The molecule has 3 aromatic heterocycles. The van der Waals surface area contributed by atoms with Gasteiger partial charge >= 0.3 is 0 Å². The van der Waals surface area contributed by atoms with Crippen LogP contribution in [0.2, 0.25) is 0 Å². The van der Waals surface area contributed by atoms with Crippen molar-refractivity contribution in [3.8, 4) is 11.3 Å². The molecule has 25 heavy (non-hydrogen) atoms. The summed E-state index contributed by atoms with van der Waals surface area (Å²) >= 11 is 2.88. The summed E-state index contributed by atoms with van der Waals surface area (Å²) in [6.07, 6.45) is 4.75. The highest BCUT2D eigenvalue weighted by Crippen LogP contribution is 2.26. The molecule has 0 aliphatic heterocycles. The number of benzene rings is 1. The van der Waals surface area contributed by atoms with E-state index in [0.29, 0.717) is 9.90 Å². The number of hydrogen-bond donors (Lipinski definition) is 1. The van der Waals surface area contributed by atoms with E-state index < -0.39 is 10.0 Å². The van der Waals surface area contributed by atoms with Gasteiger partial charge in [-0.15, -0.1) is 22.7 Å². The normalized spacial score (nSPS) is 11.9. The fourth-order valence-corrected chi connectivity index (χ4v) is 5.53. The van der Waals surface area contributed by atoms with E-state index in [1.165, 1.54) is 11.3 Å². The number of thiazole rings is 1. The van der Waals surface area contributed by atoms with Crippen LogP contribution in [0.25, 0.3) is 16.2 Å². The van der Waals surface area contributed by atoms with Gasteiger partial charge in [0.2, 0.25) is 0 Å². The maximum atomic E-state index is 12.5. The lowest BCUT2D eigenvalue weighted by Crippen LogP contribution is -2.11. The second-order valence-electron chi connectivity index (χ2n) is 5.48. The van der Waals surface area contributed by atoms with Crippen LogP contribution in [0.5, 0.6) is 0 Å². The highest BCUT2D eigenvalue weighted by molar-refractivity contribution is 7.94. The molecule has 4 rings (SSSR count). The Bertz CT molecular complexity index is 1090. The number of aromatic nitrogens is 2. The van der Waals surface area contributed by atoms with Crippen molar-refractivity contribution in [1.82, 2.24) is 9.38 Å². The number of nitrogens with zero attached hydrogens (tertiary/aromatic N) is 2. The van der Waals surface area contributed by atoms with Gasteiger partial charge in [-0.05, 0) is 30.7 Å². The van der Waals surface area contributed by atoms with E-state index in [1.54, 1.807) is 29.5 Å². The van der Waals surface area contributed by atoms with Gasteiger partial charge in [-0.1, -0.05) is 19.1 Å². The van der Waals surface area contributed by atoms with Crippen molar-refractivity contribution in [2.24, 2.45) is 0 Å². The van der Waals surface area contributed by atoms with Crippen molar-refractivity contribution in [2.45, 2.75) is 17.6 Å². The molecule has 1 N–H and O–H groups in total. The van der Waals surface area contributed by atoms with E-state index in [9.17, 15) is 8.42 Å². The first-order valence-electron chi connectivity index (χ1n) is 7.69. The zero-order valence-electron chi connectivity index (χ0n) is 13.3. The Morgan fingerprint density at radius 1 is 1.16 bits per heavy atom. The van der Waals surface area contributed by atoms with E-state index in [2.05, 4.69) is 9.71 Å². The highest BCUT2D eigenvalue weighted by atomic mass is 32.2. The fraction of sp³-hybridized carbons (Fsp3) is 0.118. The molecule has 0 fully saturated rings. The Labute approximate surface area is 153 Å². The molecule has 0 atom stereocenters. The maximum absolute atomic E-state index is 12.5. The third-order valence-electron chi connectivity index (χ3n) is 3.78. The summed E-state index contributed by atoms with van der Waals surface area (Å²) in [6.45, 7) is 2.01. The maximum Gasteiger partial charge on any atom is 0.271 e. The third kappa shape index (κ3) is 3.20. The first-order chi connectivity index (χ1) is 12.0. The SMILES string of the molecule is CCc1ccc(S(=O)(=O)Nc2ccc(-c3cn4ccsc4n3)cc2)s1. The van der Waals surface area contributed by atoms with Crippen LogP contribution in [0.1, 0.15) is 11.8 Å². The summed E-state index contributed by atoms with van der Waals surface area (Å²) in [6, 6.07) is 10.8. The van der Waals surface area contributed by atoms with Crippen LogP contribution in [0, 0.1) is 0 Å². The largest absolute Gasteiger partial charge is 0.297 e. The van der Waals surface area contributed by atoms with Crippen LogP contribution in [0.3, 0.4) is 0 Å². The van der Waals surface area contributed by atoms with Crippen LogP contribution in [0.4, 0.5) is 5.69 Å². The number of aryl methyl sites for hydroxylation is 1. The zero-order valence-corrected chi connectivity index (χ0v) is 15.8. The molecule has 1 aromatic carbocycles. The van der Waals surface area contributed by atoms with Gasteiger partial charge in [0.05, 0.1) is 5.69 Å². The molecule has 4 aromatic rings. The summed E-state index contributed by atoms with van der Waals surface area (Å²) < 4.78 is 29.8. The number of hydrogen-bond acceptors (Lipinski definition) is 5. The number of nitrogens with one attached hydrogen (secondary N) is 1. The first-order valence-corrected chi connectivity index (χ1v) is 10.9. The molecule has 0 amide bonds. The van der Waals surface area contributed by atoms with E-state index in [0.717, 1.165) is 27.5 Å². The minimum atomic E-state index is -3.54. The average Bonchev–Trinajstić information content (AvgIpc) is 3.30. The van der Waals surface area contributed by atoms with Crippen LogP contribution in [-0.4, -0.2) is 17.8 Å². The lowest BCUT2D eigenvalue weighted by molar-refractivity contribution is 0.603. The van der Waals surface area contributed by atoms with Crippen LogP contribution in [-0.2, 0) is 16.4 Å². The first kappa shape index (κ1) is 16.3. The van der Waals surface area contributed by atoms with Gasteiger partial charge in [-0.2, -0.15) is 0 Å². The van der Waals surface area contributed by atoms with Gasteiger partial charge in [-0.25, -0.2) is 13.4 Å². The van der Waals surface area contributed by atoms with Gasteiger partial charge in [0.25, 0.3) is 10.0 Å². The summed E-state index contributed by atoms with van der Waals surface area (Å²) in [4.78, 5) is 6.54. The highest BCUT2D eigenvalue weighted by Gasteiger charge is 2.17. The zero-order chi connectivity index (χ0) is 17.4. The molecular formula is C17H15N3O2S3. The van der Waals surface area contributed by atoms with E-state index in [4.69, 9.17) is 0 Å². The minimum Gasteiger partial charge on any atom is -0.297 e. The van der Waals surface area contributed by atoms with Gasteiger partial charge in [0, 0.05) is 33.9 Å². The molecule has 0 aliphatic rings. The Hall–Kier alpha value is -2.16. The Kier molecular flexibility index (Phi) is 4.10. The van der Waals surface area contributed by atoms with Gasteiger partial charge in [0.1, 0.15) is 4.21 Å². The van der Waals surface area contributed by atoms with E-state index in [1.807, 2.05) is 47.3 Å². The van der Waals surface area contributed by atoms with Crippen molar-refractivity contribution in [3.05, 3.63) is 59.0 Å². The lowest BCUT2D eigenvalue weighted by Gasteiger charge is -2.06. The minimum absolute atomic E-state index is 0.336. The lowest BCUT2D eigenvalue weighted by atomic mass is 10.1. The number of anilines is 1. The quantitative estimate of drug-likeness (QED) is 0.547. The number of sulfonamides is 1. The molecule has 0 aliphatic carbocycles. The smallest absolute Gasteiger partial charge is 0.271 e. The van der Waals surface area contributed by atoms with E-state index >= 15 is 0 Å². The molecule has 0 saturated heterocycles. The van der Waals surface area contributed by atoms with Crippen molar-refractivity contribution >= 4 is 43.3 Å². The Morgan fingerprint density at radius 2 is 1.96 bits per heavy atom. The molecule has 0 spiro atoms. The monoisotopic (exact) mass is 389 g/mol. The fourth-order valence-electron chi connectivity index (χ4n) is 2.47. The number of fused-ring (bicyclic) bond motifs is 1. The molecule has 3 heterocycles. The van der Waals surface area contributed by atoms with Crippen LogP contribution in [0.15, 0.2) is 58.4 Å². The summed E-state index contributed by atoms with van der Waals surface area (Å²) in [5.74, 6) is 0. The summed E-state index contributed by atoms with van der Waals surface area (Å²) in [7, 11) is -3.54. The summed E-state index contributed by atoms with van der Waals surface area (Å²) in [5, 5.41) is 1.98. The number of imidazole rings is 1. The molecule has 0 bridgehead atoms. The van der Waals surface area contributed by atoms with Crippen LogP contribution >= 0.6 is 22.7 Å². The second-order valence-corrected chi connectivity index (χ2v) is 9.43. The third-order valence-corrected chi connectivity index (χ3v) is 7.65. The van der Waals surface area contributed by atoms with Crippen molar-refractivity contribution in [3.63, 3.8) is 0 Å². The van der Waals surface area contributed by atoms with Gasteiger partial charge in [-0.3, -0.25) is 9.12 Å². The van der Waals surface area contributed by atoms with Gasteiger partial charge < -0.3 is 0 Å². The molecule has 5 nitrogen and oxygen atoms in total. The van der Waals surface area contributed by atoms with Gasteiger partial charge in [0.15, 0.2) is 4.96 Å². The van der Waals surface area contributed by atoms with Crippen LogP contribution < -0.4 is 4.72 Å². The van der Waals surface area contributed by atoms with Crippen molar-refractivity contribution < 1.29 is 8.42 Å². The molecule has 8 heteroatoms.